The van der Waals surface area contributed by atoms with Gasteiger partial charge in [-0.15, -0.1) is 0 Å². The number of ether oxygens (including phenoxy) is 1. The minimum Gasteiger partial charge on any atom is -0.445 e. The number of hydrogen-bond donors (Lipinski definition) is 0. The van der Waals surface area contributed by atoms with E-state index in [1.165, 1.54) is 5.56 Å². The van der Waals surface area contributed by atoms with Crippen LogP contribution in [0.15, 0.2) is 54.6 Å². The number of aryl methyl sites for hydroxylation is 1. The van der Waals surface area contributed by atoms with Crippen molar-refractivity contribution in [2.24, 2.45) is 0 Å². The predicted octanol–water partition coefficient (Wildman–Crippen LogP) is 4.16. The molecule has 146 valence electrons. The lowest BCUT2D eigenvalue weighted by atomic mass is 9.94. The normalized spacial score (nSPS) is 21.3. The van der Waals surface area contributed by atoms with Crippen LogP contribution in [-0.4, -0.2) is 35.5 Å². The van der Waals surface area contributed by atoms with E-state index in [0.29, 0.717) is 19.5 Å². The molecule has 4 rings (SSSR count). The van der Waals surface area contributed by atoms with Gasteiger partial charge in [0.05, 0.1) is 0 Å². The number of carbonyl (C=O) groups is 2. The number of hydrogen-bond acceptors (Lipinski definition) is 3. The van der Waals surface area contributed by atoms with Crippen LogP contribution in [0.5, 0.6) is 0 Å². The molecular formula is C23H26N2O3. The van der Waals surface area contributed by atoms with Crippen LogP contribution in [0, 0.1) is 0 Å². The summed E-state index contributed by atoms with van der Waals surface area (Å²) < 4.78 is 5.53. The average Bonchev–Trinajstić information content (AvgIpc) is 3.14. The minimum absolute atomic E-state index is 0.00573. The molecule has 0 aromatic heterocycles. The lowest BCUT2D eigenvalue weighted by Crippen LogP contribution is -2.57. The molecule has 0 bridgehead atoms. The largest absolute Gasteiger partial charge is 0.445 e. The lowest BCUT2D eigenvalue weighted by Gasteiger charge is -2.39. The Morgan fingerprint density at radius 2 is 1.75 bits per heavy atom. The predicted molar refractivity (Wildman–Crippen MR) is 108 cm³/mol. The van der Waals surface area contributed by atoms with Crippen LogP contribution in [0.25, 0.3) is 0 Å². The fourth-order valence-corrected chi connectivity index (χ4v) is 4.31. The summed E-state index contributed by atoms with van der Waals surface area (Å²) in [6.07, 6.45) is 2.97. The Balaban J connectivity index is 1.51. The third-order valence-electron chi connectivity index (χ3n) is 5.88. The summed E-state index contributed by atoms with van der Waals surface area (Å²) >= 11 is 0. The first-order valence-electron chi connectivity index (χ1n) is 9.98. The second kappa shape index (κ2) is 7.66. The highest BCUT2D eigenvalue weighted by molar-refractivity contribution is 6.02. The van der Waals surface area contributed by atoms with Crippen LogP contribution >= 0.6 is 0 Å². The molecule has 1 atom stereocenters. The molecule has 0 saturated carbocycles. The first-order chi connectivity index (χ1) is 13.6. The topological polar surface area (TPSA) is 49.9 Å². The quantitative estimate of drug-likeness (QED) is 0.806. The third-order valence-corrected chi connectivity index (χ3v) is 5.88. The number of nitrogens with zero attached hydrogens (tertiary/aromatic N) is 2. The van der Waals surface area contributed by atoms with Crippen LogP contribution in [0.3, 0.4) is 0 Å². The number of carbonyl (C=O) groups excluding carboxylic acids is 2. The van der Waals surface area contributed by atoms with Gasteiger partial charge in [-0.1, -0.05) is 48.5 Å². The summed E-state index contributed by atoms with van der Waals surface area (Å²) in [7, 11) is 0. The van der Waals surface area contributed by atoms with Crippen molar-refractivity contribution in [3.05, 3.63) is 65.7 Å². The fraction of sp³-hybridized carbons (Fsp3) is 0.391. The Hall–Kier alpha value is -2.82. The van der Waals surface area contributed by atoms with E-state index in [0.717, 1.165) is 30.5 Å². The van der Waals surface area contributed by atoms with Gasteiger partial charge in [0.15, 0.2) is 0 Å². The van der Waals surface area contributed by atoms with Gasteiger partial charge in [-0.3, -0.25) is 9.69 Å². The molecule has 1 saturated heterocycles. The molecule has 1 unspecified atom stereocenters. The first kappa shape index (κ1) is 18.5. The van der Waals surface area contributed by atoms with Gasteiger partial charge in [-0.05, 0) is 49.8 Å². The van der Waals surface area contributed by atoms with Crippen molar-refractivity contribution in [1.82, 2.24) is 4.90 Å². The molecule has 0 spiro atoms. The Morgan fingerprint density at radius 1 is 1.00 bits per heavy atom. The van der Waals surface area contributed by atoms with Crippen LogP contribution in [0.1, 0.15) is 37.3 Å². The van der Waals surface area contributed by atoms with Crippen molar-refractivity contribution in [3.8, 4) is 0 Å². The molecule has 0 radical (unpaired) electrons. The molecule has 0 aliphatic carbocycles. The third kappa shape index (κ3) is 3.37. The number of anilines is 1. The summed E-state index contributed by atoms with van der Waals surface area (Å²) in [6, 6.07) is 17.7. The number of rotatable bonds is 3. The number of likely N-dealkylation sites (tertiary alicyclic amines) is 1. The standard InChI is InChI=1S/C23H26N2O3/c1-23(21(26)24-15-7-12-19-11-5-6-13-20(19)24)14-8-16-25(23)22(27)28-17-18-9-3-2-4-10-18/h2-6,9-11,13H,7-8,12,14-17H2,1H3. The minimum atomic E-state index is -0.863. The molecule has 5 nitrogen and oxygen atoms in total. The van der Waals surface area contributed by atoms with Crippen molar-refractivity contribution in [2.75, 3.05) is 18.0 Å². The molecule has 2 heterocycles. The van der Waals surface area contributed by atoms with Crippen molar-refractivity contribution >= 4 is 17.7 Å². The Labute approximate surface area is 165 Å². The number of amides is 2. The molecular weight excluding hydrogens is 352 g/mol. The van der Waals surface area contributed by atoms with E-state index in [1.54, 1.807) is 4.90 Å². The van der Waals surface area contributed by atoms with E-state index in [-0.39, 0.29) is 12.5 Å². The molecule has 5 heteroatoms. The van der Waals surface area contributed by atoms with E-state index >= 15 is 0 Å². The maximum atomic E-state index is 13.6. The highest BCUT2D eigenvalue weighted by atomic mass is 16.6. The van der Waals surface area contributed by atoms with Crippen molar-refractivity contribution < 1.29 is 14.3 Å². The van der Waals surface area contributed by atoms with E-state index < -0.39 is 11.6 Å². The molecule has 2 aliphatic heterocycles. The number of para-hydroxylation sites is 1. The number of fused-ring (bicyclic) bond motifs is 1. The maximum absolute atomic E-state index is 13.6. The van der Waals surface area contributed by atoms with Crippen LogP contribution in [-0.2, 0) is 22.6 Å². The zero-order valence-corrected chi connectivity index (χ0v) is 16.3. The van der Waals surface area contributed by atoms with Gasteiger partial charge in [0.25, 0.3) is 5.91 Å². The second-order valence-electron chi connectivity index (χ2n) is 7.76. The Morgan fingerprint density at radius 3 is 2.57 bits per heavy atom. The molecule has 1 fully saturated rings. The zero-order valence-electron chi connectivity index (χ0n) is 16.3. The van der Waals surface area contributed by atoms with Crippen molar-refractivity contribution in [3.63, 3.8) is 0 Å². The summed E-state index contributed by atoms with van der Waals surface area (Å²) in [5, 5.41) is 0. The summed E-state index contributed by atoms with van der Waals surface area (Å²) in [5.41, 5.74) is 2.25. The summed E-state index contributed by atoms with van der Waals surface area (Å²) in [6.45, 7) is 3.33. The van der Waals surface area contributed by atoms with E-state index in [9.17, 15) is 9.59 Å². The molecule has 2 aliphatic rings. The molecule has 0 N–H and O–H groups in total. The van der Waals surface area contributed by atoms with Gasteiger partial charge < -0.3 is 9.64 Å². The van der Waals surface area contributed by atoms with E-state index in [1.807, 2.05) is 60.4 Å². The van der Waals surface area contributed by atoms with Crippen molar-refractivity contribution in [1.29, 1.82) is 0 Å². The second-order valence-corrected chi connectivity index (χ2v) is 7.76. The van der Waals surface area contributed by atoms with Gasteiger partial charge in [0, 0.05) is 18.8 Å². The van der Waals surface area contributed by atoms with Gasteiger partial charge in [0.1, 0.15) is 12.1 Å². The lowest BCUT2D eigenvalue weighted by molar-refractivity contribution is -0.127. The monoisotopic (exact) mass is 378 g/mol. The molecule has 2 aromatic carbocycles. The van der Waals surface area contributed by atoms with E-state index in [2.05, 4.69) is 6.07 Å². The zero-order chi connectivity index (χ0) is 19.6. The van der Waals surface area contributed by atoms with E-state index in [4.69, 9.17) is 4.74 Å². The number of benzene rings is 2. The van der Waals surface area contributed by atoms with Crippen LogP contribution < -0.4 is 4.90 Å². The Bertz CT molecular complexity index is 867. The summed E-state index contributed by atoms with van der Waals surface area (Å²) in [4.78, 5) is 29.8. The average molecular weight is 378 g/mol. The molecule has 2 aromatic rings. The van der Waals surface area contributed by atoms with Gasteiger partial charge in [-0.2, -0.15) is 0 Å². The Kier molecular flexibility index (Phi) is 5.07. The highest BCUT2D eigenvalue weighted by Gasteiger charge is 2.49. The first-order valence-corrected chi connectivity index (χ1v) is 9.98. The molecule has 28 heavy (non-hydrogen) atoms. The van der Waals surface area contributed by atoms with Gasteiger partial charge >= 0.3 is 6.09 Å². The van der Waals surface area contributed by atoms with Gasteiger partial charge in [0.2, 0.25) is 0 Å². The van der Waals surface area contributed by atoms with Crippen LogP contribution in [0.2, 0.25) is 0 Å². The smallest absolute Gasteiger partial charge is 0.410 e. The van der Waals surface area contributed by atoms with Crippen molar-refractivity contribution in [2.45, 2.75) is 44.8 Å². The van der Waals surface area contributed by atoms with Crippen LogP contribution in [0.4, 0.5) is 10.5 Å². The van der Waals surface area contributed by atoms with Gasteiger partial charge in [-0.25, -0.2) is 4.79 Å². The molecule has 2 amide bonds. The SMILES string of the molecule is CC1(C(=O)N2CCCc3ccccc32)CCCN1C(=O)OCc1ccccc1. The summed E-state index contributed by atoms with van der Waals surface area (Å²) in [5.74, 6) is -0.00573. The maximum Gasteiger partial charge on any atom is 0.410 e. The highest BCUT2D eigenvalue weighted by Crippen LogP contribution is 2.36. The fourth-order valence-electron chi connectivity index (χ4n) is 4.31.